The number of benzene rings is 1. The zero-order chi connectivity index (χ0) is 19.6. The Hall–Kier alpha value is -2.62. The van der Waals surface area contributed by atoms with Crippen LogP contribution in [0.25, 0.3) is 0 Å². The Morgan fingerprint density at radius 3 is 2.61 bits per heavy atom. The molecule has 1 N–H and O–H groups in total. The fraction of sp³-hybridized carbons (Fsp3) is 0.455. The second kappa shape index (κ2) is 7.78. The molecule has 146 valence electrons. The van der Waals surface area contributed by atoms with E-state index in [1.807, 2.05) is 36.4 Å². The number of piperidine rings is 1. The van der Waals surface area contributed by atoms with Crippen molar-refractivity contribution in [3.05, 3.63) is 53.7 Å². The van der Waals surface area contributed by atoms with Crippen LogP contribution in [0.2, 0.25) is 0 Å². The number of ether oxygens (including phenoxy) is 1. The highest BCUT2D eigenvalue weighted by molar-refractivity contribution is 5.63. The molecule has 2 fully saturated rings. The number of aromatic nitrogens is 1. The summed E-state index contributed by atoms with van der Waals surface area (Å²) in [6.45, 7) is 3.32. The quantitative estimate of drug-likeness (QED) is 0.881. The van der Waals surface area contributed by atoms with Crippen molar-refractivity contribution in [2.24, 2.45) is 0 Å². The molecule has 0 bridgehead atoms. The molecular weight excluding hydrogens is 352 g/mol. The predicted molar refractivity (Wildman–Crippen MR) is 107 cm³/mol. The largest absolute Gasteiger partial charge is 0.480 e. The summed E-state index contributed by atoms with van der Waals surface area (Å²) in [7, 11) is 1.53. The number of rotatable bonds is 4. The molecule has 0 spiro atoms. The van der Waals surface area contributed by atoms with Gasteiger partial charge in [0.2, 0.25) is 5.88 Å². The third-order valence-corrected chi connectivity index (χ3v) is 6.10. The number of hydrogen-bond acceptors (Lipinski definition) is 6. The summed E-state index contributed by atoms with van der Waals surface area (Å²) in [6, 6.07) is 14.1. The van der Waals surface area contributed by atoms with Crippen LogP contribution in [0.4, 0.5) is 5.69 Å². The third kappa shape index (κ3) is 3.21. The van der Waals surface area contributed by atoms with Crippen molar-refractivity contribution < 1.29 is 9.84 Å². The van der Waals surface area contributed by atoms with Gasteiger partial charge in [-0.05, 0) is 44.0 Å². The number of pyridine rings is 1. The molecule has 3 heterocycles. The van der Waals surface area contributed by atoms with Gasteiger partial charge in [0, 0.05) is 19.3 Å². The number of nitrogens with zero attached hydrogens (tertiary/aromatic N) is 4. The summed E-state index contributed by atoms with van der Waals surface area (Å²) in [5, 5.41) is 21.4. The summed E-state index contributed by atoms with van der Waals surface area (Å²) >= 11 is 0. The third-order valence-electron chi connectivity index (χ3n) is 6.10. The van der Waals surface area contributed by atoms with E-state index in [4.69, 9.17) is 4.74 Å². The van der Waals surface area contributed by atoms with Gasteiger partial charge in [0.05, 0.1) is 18.8 Å². The van der Waals surface area contributed by atoms with Gasteiger partial charge in [-0.15, -0.1) is 0 Å². The molecule has 0 radical (unpaired) electrons. The van der Waals surface area contributed by atoms with Crippen molar-refractivity contribution >= 4 is 5.69 Å². The van der Waals surface area contributed by atoms with E-state index < -0.39 is 5.60 Å². The van der Waals surface area contributed by atoms with Gasteiger partial charge in [-0.1, -0.05) is 30.3 Å². The zero-order valence-electron chi connectivity index (χ0n) is 16.2. The minimum absolute atomic E-state index is 0.0307. The molecule has 1 aromatic heterocycles. The predicted octanol–water partition coefficient (Wildman–Crippen LogP) is 2.52. The van der Waals surface area contributed by atoms with Crippen LogP contribution in [0.3, 0.4) is 0 Å². The molecule has 4 rings (SSSR count). The number of aliphatic hydroxyl groups is 1. The smallest absolute Gasteiger partial charge is 0.233 e. The Balaban J connectivity index is 1.70. The lowest BCUT2D eigenvalue weighted by atomic mass is 9.79. The van der Waals surface area contributed by atoms with Gasteiger partial charge in [0.15, 0.2) is 0 Å². The number of methoxy groups -OCH3 is 1. The highest BCUT2D eigenvalue weighted by Gasteiger charge is 2.46. The number of anilines is 1. The van der Waals surface area contributed by atoms with Crippen molar-refractivity contribution in [3.63, 3.8) is 0 Å². The van der Waals surface area contributed by atoms with Crippen molar-refractivity contribution in [1.82, 2.24) is 9.88 Å². The van der Waals surface area contributed by atoms with Crippen LogP contribution < -0.4 is 9.64 Å². The van der Waals surface area contributed by atoms with Gasteiger partial charge in [-0.3, -0.25) is 4.90 Å². The summed E-state index contributed by atoms with van der Waals surface area (Å²) < 4.78 is 5.28. The summed E-state index contributed by atoms with van der Waals surface area (Å²) in [5.74, 6) is 0.349. The molecule has 0 unspecified atom stereocenters. The SMILES string of the molecule is COc1nccc(N2CC[C@](O)(c3ccccc3)[C@H](N3CCCC3)C2)c1C#N. The maximum atomic E-state index is 11.8. The fourth-order valence-electron chi connectivity index (χ4n) is 4.63. The van der Waals surface area contributed by atoms with Crippen LogP contribution >= 0.6 is 0 Å². The van der Waals surface area contributed by atoms with Gasteiger partial charge >= 0.3 is 0 Å². The number of hydrogen-bond donors (Lipinski definition) is 1. The molecule has 0 saturated carbocycles. The van der Waals surface area contributed by atoms with Crippen LogP contribution in [0.1, 0.15) is 30.4 Å². The van der Waals surface area contributed by atoms with Crippen LogP contribution in [0, 0.1) is 11.3 Å². The molecule has 0 amide bonds. The molecule has 2 aliphatic rings. The van der Waals surface area contributed by atoms with E-state index in [1.54, 1.807) is 6.20 Å². The van der Waals surface area contributed by atoms with Gasteiger partial charge < -0.3 is 14.7 Å². The Labute approximate surface area is 166 Å². The Kier molecular flexibility index (Phi) is 5.21. The van der Waals surface area contributed by atoms with E-state index in [0.29, 0.717) is 31.0 Å². The molecule has 28 heavy (non-hydrogen) atoms. The van der Waals surface area contributed by atoms with Crippen LogP contribution in [-0.2, 0) is 5.60 Å². The van der Waals surface area contributed by atoms with Crippen molar-refractivity contribution in [1.29, 1.82) is 5.26 Å². The highest BCUT2D eigenvalue weighted by Crippen LogP contribution is 2.39. The lowest BCUT2D eigenvalue weighted by Gasteiger charge is -2.49. The minimum atomic E-state index is -0.897. The van der Waals surface area contributed by atoms with E-state index in [0.717, 1.165) is 37.2 Å². The standard InChI is InChI=1S/C22H26N4O2/c1-28-21-18(15-23)19(9-11-24-21)26-14-10-22(27,17-7-3-2-4-8-17)20(16-26)25-12-5-6-13-25/h2-4,7-9,11,20,27H,5-6,10,12-14,16H2,1H3/t20-,22+/m1/s1. The average molecular weight is 378 g/mol. The molecule has 1 aromatic carbocycles. The second-order valence-electron chi connectivity index (χ2n) is 7.57. The topological polar surface area (TPSA) is 72.6 Å². The molecular formula is C22H26N4O2. The highest BCUT2D eigenvalue weighted by atomic mass is 16.5. The van der Waals surface area contributed by atoms with Gasteiger partial charge in [0.25, 0.3) is 0 Å². The number of nitriles is 1. The maximum Gasteiger partial charge on any atom is 0.233 e. The zero-order valence-corrected chi connectivity index (χ0v) is 16.2. The fourth-order valence-corrected chi connectivity index (χ4v) is 4.63. The molecule has 2 atom stereocenters. The first kappa shape index (κ1) is 18.7. The molecule has 6 heteroatoms. The van der Waals surface area contributed by atoms with E-state index in [9.17, 15) is 10.4 Å². The van der Waals surface area contributed by atoms with E-state index in [1.165, 1.54) is 7.11 Å². The van der Waals surface area contributed by atoms with Gasteiger partial charge in [-0.2, -0.15) is 5.26 Å². The van der Waals surface area contributed by atoms with E-state index in [-0.39, 0.29) is 6.04 Å². The van der Waals surface area contributed by atoms with Crippen molar-refractivity contribution in [2.45, 2.75) is 30.9 Å². The molecule has 0 aliphatic carbocycles. The molecule has 2 aromatic rings. The van der Waals surface area contributed by atoms with Crippen LogP contribution in [0.5, 0.6) is 5.88 Å². The summed E-state index contributed by atoms with van der Waals surface area (Å²) in [4.78, 5) is 8.77. The minimum Gasteiger partial charge on any atom is -0.480 e. The second-order valence-corrected chi connectivity index (χ2v) is 7.57. The first-order valence-electron chi connectivity index (χ1n) is 9.87. The molecule has 2 saturated heterocycles. The monoisotopic (exact) mass is 378 g/mol. The molecule has 6 nitrogen and oxygen atoms in total. The van der Waals surface area contributed by atoms with E-state index in [2.05, 4.69) is 20.9 Å². The van der Waals surface area contributed by atoms with Crippen LogP contribution in [0.15, 0.2) is 42.6 Å². The Bertz CT molecular complexity index is 861. The van der Waals surface area contributed by atoms with Crippen molar-refractivity contribution in [2.75, 3.05) is 38.2 Å². The first-order chi connectivity index (χ1) is 13.7. The normalized spacial score (nSPS) is 25.5. The lowest BCUT2D eigenvalue weighted by molar-refractivity contribution is -0.0602. The first-order valence-corrected chi connectivity index (χ1v) is 9.87. The lowest BCUT2D eigenvalue weighted by Crippen LogP contribution is -2.60. The van der Waals surface area contributed by atoms with E-state index >= 15 is 0 Å². The summed E-state index contributed by atoms with van der Waals surface area (Å²) in [5.41, 5.74) is 1.36. The molecule has 2 aliphatic heterocycles. The average Bonchev–Trinajstić information content (AvgIpc) is 3.28. The summed E-state index contributed by atoms with van der Waals surface area (Å²) in [6.07, 6.45) is 4.60. The van der Waals surface area contributed by atoms with Crippen LogP contribution in [-0.4, -0.2) is 54.3 Å². The Morgan fingerprint density at radius 1 is 1.18 bits per heavy atom. The number of likely N-dealkylation sites (tertiary alicyclic amines) is 1. The Morgan fingerprint density at radius 2 is 1.93 bits per heavy atom. The van der Waals surface area contributed by atoms with Gasteiger partial charge in [0.1, 0.15) is 17.2 Å². The van der Waals surface area contributed by atoms with Gasteiger partial charge in [-0.25, -0.2) is 4.98 Å². The van der Waals surface area contributed by atoms with Crippen molar-refractivity contribution in [3.8, 4) is 11.9 Å². The maximum absolute atomic E-state index is 11.8.